The van der Waals surface area contributed by atoms with Crippen molar-refractivity contribution in [1.29, 1.82) is 0 Å². The van der Waals surface area contributed by atoms with Gasteiger partial charge in [-0.2, -0.15) is 0 Å². The van der Waals surface area contributed by atoms with Crippen LogP contribution in [0, 0.1) is 0 Å². The largest absolute Gasteiger partial charge is 0.458 e. The average molecular weight is 384 g/mol. The van der Waals surface area contributed by atoms with E-state index in [1.165, 1.54) is 18.3 Å². The van der Waals surface area contributed by atoms with Crippen LogP contribution in [0.2, 0.25) is 0 Å². The Morgan fingerprint density at radius 1 is 1.19 bits per heavy atom. The third kappa shape index (κ3) is 5.18. The summed E-state index contributed by atoms with van der Waals surface area (Å²) < 4.78 is 5.67. The van der Waals surface area contributed by atoms with Crippen LogP contribution in [-0.2, 0) is 16.1 Å². The van der Waals surface area contributed by atoms with Crippen LogP contribution < -0.4 is 15.5 Å². The first-order chi connectivity index (χ1) is 13.0. The number of aromatic nitrogens is 1. The summed E-state index contributed by atoms with van der Waals surface area (Å²) in [6, 6.07) is 13.3. The summed E-state index contributed by atoms with van der Waals surface area (Å²) in [5.41, 5.74) is 1.61. The molecule has 0 bridgehead atoms. The monoisotopic (exact) mass is 384 g/mol. The molecule has 0 atom stereocenters. The summed E-state index contributed by atoms with van der Waals surface area (Å²) in [4.78, 5) is 29.5. The van der Waals surface area contributed by atoms with Gasteiger partial charge in [-0.1, -0.05) is 18.2 Å². The molecule has 0 aliphatic rings. The number of benzene rings is 1. The van der Waals surface area contributed by atoms with Crippen molar-refractivity contribution in [3.05, 3.63) is 53.6 Å². The molecular weight excluding hydrogens is 364 g/mol. The van der Waals surface area contributed by atoms with Gasteiger partial charge >= 0.3 is 0 Å². The Morgan fingerprint density at radius 3 is 2.70 bits per heavy atom. The van der Waals surface area contributed by atoms with Crippen molar-refractivity contribution in [3.8, 4) is 11.5 Å². The fourth-order valence-corrected chi connectivity index (χ4v) is 3.13. The molecule has 2 N–H and O–H groups in total. The molecule has 0 saturated heterocycles. The van der Waals surface area contributed by atoms with Crippen molar-refractivity contribution < 1.29 is 14.0 Å². The second-order valence-electron chi connectivity index (χ2n) is 5.95. The van der Waals surface area contributed by atoms with Gasteiger partial charge in [-0.3, -0.25) is 9.59 Å². The SMILES string of the molecule is CC(=O)NCc1ccc(-c2csc(NC(=O)CN(C)c3ccccc3)n2)o1. The van der Waals surface area contributed by atoms with E-state index in [1.54, 1.807) is 12.1 Å². The predicted octanol–water partition coefficient (Wildman–Crippen LogP) is 3.11. The molecule has 8 heteroatoms. The second kappa shape index (κ2) is 8.50. The van der Waals surface area contributed by atoms with Crippen LogP contribution >= 0.6 is 11.3 Å². The third-order valence-electron chi connectivity index (χ3n) is 3.75. The lowest BCUT2D eigenvalue weighted by atomic mass is 10.3. The van der Waals surface area contributed by atoms with E-state index in [1.807, 2.05) is 47.7 Å². The van der Waals surface area contributed by atoms with Crippen molar-refractivity contribution in [2.24, 2.45) is 0 Å². The summed E-state index contributed by atoms with van der Waals surface area (Å²) in [6.07, 6.45) is 0. The standard InChI is InChI=1S/C19H20N4O3S/c1-13(24)20-10-15-8-9-17(26-15)16-12-27-19(21-16)22-18(25)11-23(2)14-6-4-3-5-7-14/h3-9,12H,10-11H2,1-2H3,(H,20,24)(H,21,22,25). The van der Waals surface area contributed by atoms with E-state index < -0.39 is 0 Å². The van der Waals surface area contributed by atoms with E-state index in [-0.39, 0.29) is 18.4 Å². The number of thiazole rings is 1. The van der Waals surface area contributed by atoms with Crippen LogP contribution in [0.4, 0.5) is 10.8 Å². The molecular formula is C19H20N4O3S. The molecule has 0 spiro atoms. The maximum atomic E-state index is 12.2. The Labute approximate surface area is 161 Å². The van der Waals surface area contributed by atoms with Crippen LogP contribution in [0.15, 0.2) is 52.3 Å². The first kappa shape index (κ1) is 18.7. The number of hydrogen-bond acceptors (Lipinski definition) is 6. The molecule has 0 aliphatic heterocycles. The first-order valence-electron chi connectivity index (χ1n) is 8.36. The van der Waals surface area contributed by atoms with Gasteiger partial charge in [0.05, 0.1) is 13.1 Å². The number of amides is 2. The maximum absolute atomic E-state index is 12.2. The minimum absolute atomic E-state index is 0.118. The highest BCUT2D eigenvalue weighted by Crippen LogP contribution is 2.26. The number of anilines is 2. The molecule has 7 nitrogen and oxygen atoms in total. The zero-order chi connectivity index (χ0) is 19.2. The summed E-state index contributed by atoms with van der Waals surface area (Å²) in [5.74, 6) is 0.969. The number of nitrogens with one attached hydrogen (secondary N) is 2. The molecule has 0 saturated carbocycles. The second-order valence-corrected chi connectivity index (χ2v) is 6.81. The van der Waals surface area contributed by atoms with Gasteiger partial charge in [0, 0.05) is 25.0 Å². The molecule has 2 amide bonds. The summed E-state index contributed by atoms with van der Waals surface area (Å²) >= 11 is 1.33. The van der Waals surface area contributed by atoms with Crippen LogP contribution in [-0.4, -0.2) is 30.4 Å². The van der Waals surface area contributed by atoms with E-state index in [4.69, 9.17) is 4.42 Å². The van der Waals surface area contributed by atoms with Crippen molar-refractivity contribution in [2.45, 2.75) is 13.5 Å². The number of carbonyl (C=O) groups excluding carboxylic acids is 2. The Morgan fingerprint density at radius 2 is 1.96 bits per heavy atom. The molecule has 0 fully saturated rings. The van der Waals surface area contributed by atoms with Gasteiger partial charge in [0.1, 0.15) is 11.5 Å². The van der Waals surface area contributed by atoms with Gasteiger partial charge in [-0.25, -0.2) is 4.98 Å². The molecule has 27 heavy (non-hydrogen) atoms. The fourth-order valence-electron chi connectivity index (χ4n) is 2.41. The number of rotatable bonds is 7. The topological polar surface area (TPSA) is 87.5 Å². The average Bonchev–Trinajstić information content (AvgIpc) is 3.29. The van der Waals surface area contributed by atoms with E-state index in [0.29, 0.717) is 28.9 Å². The van der Waals surface area contributed by atoms with Gasteiger partial charge < -0.3 is 20.0 Å². The van der Waals surface area contributed by atoms with Gasteiger partial charge in [0.25, 0.3) is 0 Å². The number of likely N-dealkylation sites (N-methyl/N-ethyl adjacent to an activating group) is 1. The van der Waals surface area contributed by atoms with Crippen LogP contribution in [0.3, 0.4) is 0 Å². The number of nitrogens with zero attached hydrogens (tertiary/aromatic N) is 2. The zero-order valence-electron chi connectivity index (χ0n) is 15.1. The maximum Gasteiger partial charge on any atom is 0.245 e. The van der Waals surface area contributed by atoms with Crippen LogP contribution in [0.25, 0.3) is 11.5 Å². The molecule has 2 heterocycles. The predicted molar refractivity (Wildman–Crippen MR) is 106 cm³/mol. The van der Waals surface area contributed by atoms with Crippen molar-refractivity contribution in [1.82, 2.24) is 10.3 Å². The van der Waals surface area contributed by atoms with E-state index >= 15 is 0 Å². The quantitative estimate of drug-likeness (QED) is 0.654. The lowest BCUT2D eigenvalue weighted by Gasteiger charge is -2.17. The minimum Gasteiger partial charge on any atom is -0.458 e. The van der Waals surface area contributed by atoms with Gasteiger partial charge in [0.2, 0.25) is 11.8 Å². The number of carbonyl (C=O) groups is 2. The smallest absolute Gasteiger partial charge is 0.245 e. The number of para-hydroxylation sites is 1. The first-order valence-corrected chi connectivity index (χ1v) is 9.24. The highest BCUT2D eigenvalue weighted by Gasteiger charge is 2.13. The Bertz CT molecular complexity index is 920. The van der Waals surface area contributed by atoms with Gasteiger partial charge in [0.15, 0.2) is 10.9 Å². The molecule has 3 rings (SSSR count). The number of furan rings is 1. The van der Waals surface area contributed by atoms with Crippen molar-refractivity contribution in [3.63, 3.8) is 0 Å². The van der Waals surface area contributed by atoms with Crippen LogP contribution in [0.1, 0.15) is 12.7 Å². The fraction of sp³-hybridized carbons (Fsp3) is 0.211. The van der Waals surface area contributed by atoms with E-state index in [0.717, 1.165) is 5.69 Å². The van der Waals surface area contributed by atoms with Gasteiger partial charge in [-0.05, 0) is 24.3 Å². The van der Waals surface area contributed by atoms with Gasteiger partial charge in [-0.15, -0.1) is 11.3 Å². The summed E-state index contributed by atoms with van der Waals surface area (Å²) in [6.45, 7) is 2.00. The Kier molecular flexibility index (Phi) is 5.87. The highest BCUT2D eigenvalue weighted by molar-refractivity contribution is 7.14. The Hall–Kier alpha value is -3.13. The Balaban J connectivity index is 1.57. The molecule has 0 aliphatic carbocycles. The molecule has 0 radical (unpaired) electrons. The van der Waals surface area contributed by atoms with Crippen molar-refractivity contribution >= 4 is 34.0 Å². The summed E-state index contributed by atoms with van der Waals surface area (Å²) in [7, 11) is 1.86. The number of hydrogen-bond donors (Lipinski definition) is 2. The molecule has 3 aromatic rings. The lowest BCUT2D eigenvalue weighted by molar-refractivity contribution is -0.119. The molecule has 2 aromatic heterocycles. The third-order valence-corrected chi connectivity index (χ3v) is 4.51. The van der Waals surface area contributed by atoms with Crippen LogP contribution in [0.5, 0.6) is 0 Å². The minimum atomic E-state index is -0.145. The normalized spacial score (nSPS) is 10.4. The van der Waals surface area contributed by atoms with E-state index in [2.05, 4.69) is 15.6 Å². The summed E-state index contributed by atoms with van der Waals surface area (Å²) in [5, 5.41) is 7.81. The highest BCUT2D eigenvalue weighted by atomic mass is 32.1. The van der Waals surface area contributed by atoms with E-state index in [9.17, 15) is 9.59 Å². The molecule has 140 valence electrons. The lowest BCUT2D eigenvalue weighted by Crippen LogP contribution is -2.29. The molecule has 1 aromatic carbocycles. The van der Waals surface area contributed by atoms with Crippen molar-refractivity contribution in [2.75, 3.05) is 23.8 Å². The zero-order valence-corrected chi connectivity index (χ0v) is 15.9. The molecule has 0 unspecified atom stereocenters.